The zero-order valence-electron chi connectivity index (χ0n) is 13.3. The van der Waals surface area contributed by atoms with Gasteiger partial charge in [0.25, 0.3) is 0 Å². The maximum Gasteiger partial charge on any atom is 0.227 e. The molecule has 0 radical (unpaired) electrons. The third-order valence-electron chi connectivity index (χ3n) is 4.16. The van der Waals surface area contributed by atoms with Crippen LogP contribution in [0.5, 0.6) is 5.75 Å². The number of methoxy groups -OCH3 is 1. The zero-order valence-corrected chi connectivity index (χ0v) is 13.3. The molecule has 0 atom stereocenters. The van der Waals surface area contributed by atoms with Crippen LogP contribution >= 0.6 is 0 Å². The summed E-state index contributed by atoms with van der Waals surface area (Å²) in [5.74, 6) is 1.06. The minimum atomic E-state index is 0.177. The molecule has 1 aromatic carbocycles. The van der Waals surface area contributed by atoms with Crippen LogP contribution in [0.1, 0.15) is 5.56 Å². The molecule has 1 aliphatic rings. The van der Waals surface area contributed by atoms with Crippen molar-refractivity contribution < 1.29 is 9.53 Å². The van der Waals surface area contributed by atoms with Crippen LogP contribution in [0.4, 0.5) is 5.69 Å². The van der Waals surface area contributed by atoms with Gasteiger partial charge in [0.1, 0.15) is 5.75 Å². The van der Waals surface area contributed by atoms with E-state index in [0.717, 1.165) is 43.2 Å². The van der Waals surface area contributed by atoms with Gasteiger partial charge in [0.05, 0.1) is 19.2 Å². The fraction of sp³-hybridized carbons (Fsp3) is 0.333. The van der Waals surface area contributed by atoms with Crippen LogP contribution < -0.4 is 9.64 Å². The molecule has 0 aliphatic carbocycles. The Morgan fingerprint density at radius 2 is 1.78 bits per heavy atom. The van der Waals surface area contributed by atoms with Crippen molar-refractivity contribution in [1.29, 1.82) is 0 Å². The monoisotopic (exact) mass is 311 g/mol. The molecule has 1 aromatic heterocycles. The van der Waals surface area contributed by atoms with Gasteiger partial charge in [-0.15, -0.1) is 0 Å². The van der Waals surface area contributed by atoms with Crippen molar-refractivity contribution in [2.24, 2.45) is 0 Å². The van der Waals surface area contributed by atoms with E-state index in [9.17, 15) is 4.79 Å². The molecule has 2 aromatic rings. The maximum atomic E-state index is 12.4. The second kappa shape index (κ2) is 7.13. The van der Waals surface area contributed by atoms with Crippen LogP contribution in [-0.2, 0) is 11.2 Å². The van der Waals surface area contributed by atoms with Gasteiger partial charge in [0, 0.05) is 38.6 Å². The molecular weight excluding hydrogens is 290 g/mol. The molecule has 0 unspecified atom stereocenters. The number of piperazine rings is 1. The summed E-state index contributed by atoms with van der Waals surface area (Å²) >= 11 is 0. The number of pyridine rings is 1. The lowest BCUT2D eigenvalue weighted by atomic mass is 10.1. The quantitative estimate of drug-likeness (QED) is 0.866. The Morgan fingerprint density at radius 3 is 2.48 bits per heavy atom. The van der Waals surface area contributed by atoms with Gasteiger partial charge < -0.3 is 14.5 Å². The fourth-order valence-corrected chi connectivity index (χ4v) is 2.87. The van der Waals surface area contributed by atoms with E-state index in [-0.39, 0.29) is 5.91 Å². The van der Waals surface area contributed by atoms with E-state index in [1.165, 1.54) is 0 Å². The van der Waals surface area contributed by atoms with Crippen LogP contribution in [0.25, 0.3) is 0 Å². The zero-order chi connectivity index (χ0) is 16.1. The van der Waals surface area contributed by atoms with Crippen molar-refractivity contribution in [3.8, 4) is 5.75 Å². The van der Waals surface area contributed by atoms with Crippen molar-refractivity contribution in [2.45, 2.75) is 6.42 Å². The molecule has 1 aliphatic heterocycles. The molecule has 0 N–H and O–H groups in total. The Bertz CT molecular complexity index is 652. The highest BCUT2D eigenvalue weighted by Gasteiger charge is 2.22. The average molecular weight is 311 g/mol. The molecule has 120 valence electrons. The van der Waals surface area contributed by atoms with Crippen molar-refractivity contribution in [3.05, 3.63) is 54.4 Å². The molecule has 1 fully saturated rings. The second-order valence-electron chi connectivity index (χ2n) is 5.57. The van der Waals surface area contributed by atoms with Crippen molar-refractivity contribution in [1.82, 2.24) is 9.88 Å². The normalized spacial score (nSPS) is 14.7. The number of nitrogens with zero attached hydrogens (tertiary/aromatic N) is 3. The van der Waals surface area contributed by atoms with Gasteiger partial charge in [0.2, 0.25) is 5.91 Å². The number of hydrogen-bond donors (Lipinski definition) is 0. The lowest BCUT2D eigenvalue weighted by molar-refractivity contribution is -0.130. The van der Waals surface area contributed by atoms with Crippen molar-refractivity contribution in [2.75, 3.05) is 38.2 Å². The molecular formula is C18H21N3O2. The highest BCUT2D eigenvalue weighted by atomic mass is 16.5. The van der Waals surface area contributed by atoms with Crippen molar-refractivity contribution in [3.63, 3.8) is 0 Å². The van der Waals surface area contributed by atoms with Crippen molar-refractivity contribution >= 4 is 11.6 Å². The number of para-hydroxylation sites is 2. The van der Waals surface area contributed by atoms with Gasteiger partial charge in [-0.05, 0) is 29.8 Å². The largest absolute Gasteiger partial charge is 0.495 e. The summed E-state index contributed by atoms with van der Waals surface area (Å²) in [6.07, 6.45) is 3.89. The van der Waals surface area contributed by atoms with E-state index in [2.05, 4.69) is 16.0 Å². The van der Waals surface area contributed by atoms with E-state index in [1.54, 1.807) is 19.5 Å². The summed E-state index contributed by atoms with van der Waals surface area (Å²) in [7, 11) is 1.69. The van der Waals surface area contributed by atoms with E-state index in [4.69, 9.17) is 4.74 Å². The lowest BCUT2D eigenvalue weighted by Crippen LogP contribution is -2.49. The molecule has 5 nitrogen and oxygen atoms in total. The van der Waals surface area contributed by atoms with Gasteiger partial charge in [-0.2, -0.15) is 0 Å². The molecule has 23 heavy (non-hydrogen) atoms. The molecule has 0 bridgehead atoms. The fourth-order valence-electron chi connectivity index (χ4n) is 2.87. The summed E-state index contributed by atoms with van der Waals surface area (Å²) in [5.41, 5.74) is 2.10. The highest BCUT2D eigenvalue weighted by Crippen LogP contribution is 2.28. The number of ether oxygens (including phenoxy) is 1. The van der Waals surface area contributed by atoms with Gasteiger partial charge in [-0.1, -0.05) is 12.1 Å². The summed E-state index contributed by atoms with van der Waals surface area (Å²) in [4.78, 5) is 20.6. The smallest absolute Gasteiger partial charge is 0.227 e. The number of anilines is 1. The summed E-state index contributed by atoms with van der Waals surface area (Å²) in [6.45, 7) is 3.12. The van der Waals surface area contributed by atoms with Crippen LogP contribution in [0.3, 0.4) is 0 Å². The number of carbonyl (C=O) groups excluding carboxylic acids is 1. The van der Waals surface area contributed by atoms with E-state index in [1.807, 2.05) is 35.2 Å². The summed E-state index contributed by atoms with van der Waals surface area (Å²) in [5, 5.41) is 0. The Morgan fingerprint density at radius 1 is 1.09 bits per heavy atom. The molecule has 0 spiro atoms. The number of amides is 1. The molecule has 3 rings (SSSR count). The summed E-state index contributed by atoms with van der Waals surface area (Å²) in [6, 6.07) is 11.8. The molecule has 0 saturated carbocycles. The first kappa shape index (κ1) is 15.3. The predicted molar refractivity (Wildman–Crippen MR) is 89.7 cm³/mol. The third kappa shape index (κ3) is 3.62. The first-order valence-electron chi connectivity index (χ1n) is 7.82. The number of aromatic nitrogens is 1. The number of benzene rings is 1. The van der Waals surface area contributed by atoms with E-state index >= 15 is 0 Å². The predicted octanol–water partition coefficient (Wildman–Crippen LogP) is 1.98. The molecule has 1 saturated heterocycles. The van der Waals surface area contributed by atoms with Gasteiger partial charge in [-0.3, -0.25) is 9.78 Å². The van der Waals surface area contributed by atoms with Crippen LogP contribution in [0.2, 0.25) is 0 Å². The van der Waals surface area contributed by atoms with Gasteiger partial charge >= 0.3 is 0 Å². The number of hydrogen-bond acceptors (Lipinski definition) is 4. The SMILES string of the molecule is COc1ccccc1N1CCN(C(=O)Cc2ccncc2)CC1. The Hall–Kier alpha value is -2.56. The average Bonchev–Trinajstić information content (AvgIpc) is 2.62. The Balaban J connectivity index is 1.59. The molecule has 5 heteroatoms. The van der Waals surface area contributed by atoms with Gasteiger partial charge in [-0.25, -0.2) is 0 Å². The minimum Gasteiger partial charge on any atom is -0.495 e. The van der Waals surface area contributed by atoms with Crippen LogP contribution in [0.15, 0.2) is 48.8 Å². The molecule has 1 amide bonds. The Kier molecular flexibility index (Phi) is 4.76. The van der Waals surface area contributed by atoms with Gasteiger partial charge in [0.15, 0.2) is 0 Å². The maximum absolute atomic E-state index is 12.4. The highest BCUT2D eigenvalue weighted by molar-refractivity contribution is 5.79. The Labute approximate surface area is 136 Å². The molecule has 2 heterocycles. The number of rotatable bonds is 4. The third-order valence-corrected chi connectivity index (χ3v) is 4.16. The topological polar surface area (TPSA) is 45.7 Å². The van der Waals surface area contributed by atoms with Crippen LogP contribution in [-0.4, -0.2) is 49.1 Å². The van der Waals surface area contributed by atoms with E-state index < -0.39 is 0 Å². The standard InChI is InChI=1S/C18H21N3O2/c1-23-17-5-3-2-4-16(17)20-10-12-21(13-11-20)18(22)14-15-6-8-19-9-7-15/h2-9H,10-14H2,1H3. The lowest BCUT2D eigenvalue weighted by Gasteiger charge is -2.36. The van der Waals surface area contributed by atoms with E-state index in [0.29, 0.717) is 6.42 Å². The first-order chi connectivity index (χ1) is 11.3. The van der Waals surface area contributed by atoms with Crippen LogP contribution in [0, 0.1) is 0 Å². The second-order valence-corrected chi connectivity index (χ2v) is 5.57. The first-order valence-corrected chi connectivity index (χ1v) is 7.82. The summed E-state index contributed by atoms with van der Waals surface area (Å²) < 4.78 is 5.42. The number of carbonyl (C=O) groups is 1. The minimum absolute atomic E-state index is 0.177.